The smallest absolute Gasteiger partial charge is 0.303 e. The number of nitrogens with one attached hydrogen (secondary N) is 1. The number of hydrogen-bond acceptors (Lipinski definition) is 2. The van der Waals surface area contributed by atoms with Crippen LogP contribution >= 0.6 is 11.6 Å². The van der Waals surface area contributed by atoms with Crippen molar-refractivity contribution in [2.45, 2.75) is 19.8 Å². The summed E-state index contributed by atoms with van der Waals surface area (Å²) in [7, 11) is 0. The maximum Gasteiger partial charge on any atom is 0.303 e. The highest BCUT2D eigenvalue weighted by molar-refractivity contribution is 6.30. The average molecular weight is 288 g/mol. The third kappa shape index (κ3) is 4.87. The van der Waals surface area contributed by atoms with Crippen LogP contribution in [0.25, 0.3) is 0 Å². The molecule has 1 aromatic carbocycles. The molecule has 0 heterocycles. The van der Waals surface area contributed by atoms with Crippen LogP contribution in [0.15, 0.2) is 18.2 Å². The topological polar surface area (TPSA) is 66.4 Å². The Labute approximate surface area is 115 Å². The van der Waals surface area contributed by atoms with Crippen LogP contribution in [0, 0.1) is 11.7 Å². The van der Waals surface area contributed by atoms with E-state index in [0.29, 0.717) is 6.42 Å². The fourth-order valence-corrected chi connectivity index (χ4v) is 1.78. The average Bonchev–Trinajstić information content (AvgIpc) is 2.36. The van der Waals surface area contributed by atoms with Gasteiger partial charge in [-0.05, 0) is 24.1 Å². The summed E-state index contributed by atoms with van der Waals surface area (Å²) in [5.74, 6) is -2.35. The van der Waals surface area contributed by atoms with E-state index in [4.69, 9.17) is 16.7 Å². The number of amides is 1. The van der Waals surface area contributed by atoms with Crippen molar-refractivity contribution in [1.29, 1.82) is 0 Å². The molecule has 19 heavy (non-hydrogen) atoms. The summed E-state index contributed by atoms with van der Waals surface area (Å²) in [6, 6.07) is 3.71. The van der Waals surface area contributed by atoms with Crippen molar-refractivity contribution in [2.75, 3.05) is 6.54 Å². The number of carbonyl (C=O) groups excluding carboxylic acids is 1. The lowest BCUT2D eigenvalue weighted by atomic mass is 10.0. The third-order valence-corrected chi connectivity index (χ3v) is 3.00. The lowest BCUT2D eigenvalue weighted by Gasteiger charge is -2.13. The minimum atomic E-state index is -0.921. The first-order valence-corrected chi connectivity index (χ1v) is 6.26. The van der Waals surface area contributed by atoms with E-state index in [0.717, 1.165) is 6.07 Å². The van der Waals surface area contributed by atoms with Gasteiger partial charge in [-0.3, -0.25) is 9.59 Å². The molecule has 6 heteroatoms. The zero-order valence-corrected chi connectivity index (χ0v) is 11.2. The van der Waals surface area contributed by atoms with E-state index in [9.17, 15) is 14.0 Å². The van der Waals surface area contributed by atoms with Crippen LogP contribution in [0.4, 0.5) is 4.39 Å². The molecule has 0 bridgehead atoms. The molecule has 4 nitrogen and oxygen atoms in total. The number of halogens is 2. The molecule has 0 aliphatic carbocycles. The van der Waals surface area contributed by atoms with Gasteiger partial charge in [0.25, 0.3) is 5.91 Å². The van der Waals surface area contributed by atoms with E-state index in [1.54, 1.807) is 0 Å². The lowest BCUT2D eigenvalue weighted by molar-refractivity contribution is -0.138. The molecule has 0 saturated carbocycles. The van der Waals surface area contributed by atoms with Crippen molar-refractivity contribution in [1.82, 2.24) is 5.32 Å². The molecule has 0 spiro atoms. The van der Waals surface area contributed by atoms with Crippen LogP contribution in [0.1, 0.15) is 30.1 Å². The lowest BCUT2D eigenvalue weighted by Crippen LogP contribution is -2.30. The number of carboxylic acids is 1. The molecule has 0 aliphatic heterocycles. The van der Waals surface area contributed by atoms with Gasteiger partial charge < -0.3 is 10.4 Å². The molecule has 1 aromatic rings. The number of hydrogen-bond donors (Lipinski definition) is 2. The van der Waals surface area contributed by atoms with Crippen LogP contribution in [-0.4, -0.2) is 23.5 Å². The highest BCUT2D eigenvalue weighted by atomic mass is 35.5. The van der Waals surface area contributed by atoms with E-state index in [1.165, 1.54) is 12.1 Å². The summed E-state index contributed by atoms with van der Waals surface area (Å²) in [4.78, 5) is 22.4. The number of carbonyl (C=O) groups is 2. The van der Waals surface area contributed by atoms with Crippen molar-refractivity contribution >= 4 is 23.5 Å². The van der Waals surface area contributed by atoms with Crippen LogP contribution in [0.3, 0.4) is 0 Å². The zero-order valence-electron chi connectivity index (χ0n) is 10.5. The minimum Gasteiger partial charge on any atom is -0.481 e. The number of carboxylic acid groups (broad SMARTS) is 1. The van der Waals surface area contributed by atoms with Crippen LogP contribution in [-0.2, 0) is 4.79 Å². The normalized spacial score (nSPS) is 11.9. The van der Waals surface area contributed by atoms with Crippen molar-refractivity contribution in [3.8, 4) is 0 Å². The molecule has 0 aliphatic rings. The second-order valence-corrected chi connectivity index (χ2v) is 4.64. The fourth-order valence-electron chi connectivity index (χ4n) is 1.61. The van der Waals surface area contributed by atoms with Crippen molar-refractivity contribution in [3.05, 3.63) is 34.6 Å². The Kier molecular flexibility index (Phi) is 5.76. The molecular formula is C13H15ClFNO3. The summed E-state index contributed by atoms with van der Waals surface area (Å²) in [6.45, 7) is 2.02. The second kappa shape index (κ2) is 7.09. The Balaban J connectivity index is 2.64. The Hall–Kier alpha value is -1.62. The highest BCUT2D eigenvalue weighted by Gasteiger charge is 2.15. The number of rotatable bonds is 6. The van der Waals surface area contributed by atoms with Crippen molar-refractivity contribution < 1.29 is 19.1 Å². The molecule has 0 saturated heterocycles. The van der Waals surface area contributed by atoms with Gasteiger partial charge in [0.1, 0.15) is 5.82 Å². The molecular weight excluding hydrogens is 273 g/mol. The molecule has 104 valence electrons. The van der Waals surface area contributed by atoms with Crippen molar-refractivity contribution in [2.24, 2.45) is 5.92 Å². The predicted octanol–water partition coefficient (Wildman–Crippen LogP) is 2.71. The van der Waals surface area contributed by atoms with Gasteiger partial charge in [-0.2, -0.15) is 0 Å². The van der Waals surface area contributed by atoms with Gasteiger partial charge in [-0.1, -0.05) is 24.9 Å². The molecule has 2 N–H and O–H groups in total. The monoisotopic (exact) mass is 287 g/mol. The summed E-state index contributed by atoms with van der Waals surface area (Å²) >= 11 is 5.70. The zero-order chi connectivity index (χ0) is 14.4. The predicted molar refractivity (Wildman–Crippen MR) is 69.8 cm³/mol. The molecule has 1 amide bonds. The van der Waals surface area contributed by atoms with E-state index >= 15 is 0 Å². The first kappa shape index (κ1) is 15.4. The molecule has 1 rings (SSSR count). The Morgan fingerprint density at radius 3 is 2.74 bits per heavy atom. The van der Waals surface area contributed by atoms with Gasteiger partial charge >= 0.3 is 5.97 Å². The van der Waals surface area contributed by atoms with E-state index in [1.807, 2.05) is 6.92 Å². The summed E-state index contributed by atoms with van der Waals surface area (Å²) in [6.07, 6.45) is 0.583. The first-order valence-electron chi connectivity index (χ1n) is 5.89. The summed E-state index contributed by atoms with van der Waals surface area (Å²) in [5, 5.41) is 11.5. The highest BCUT2D eigenvalue weighted by Crippen LogP contribution is 2.15. The van der Waals surface area contributed by atoms with Crippen LogP contribution < -0.4 is 5.32 Å². The first-order chi connectivity index (χ1) is 8.93. The third-order valence-electron chi connectivity index (χ3n) is 2.76. The quantitative estimate of drug-likeness (QED) is 0.845. The van der Waals surface area contributed by atoms with Gasteiger partial charge in [-0.15, -0.1) is 0 Å². The maximum absolute atomic E-state index is 13.4. The van der Waals surface area contributed by atoms with Crippen molar-refractivity contribution in [3.63, 3.8) is 0 Å². The number of benzene rings is 1. The maximum atomic E-state index is 13.4. The SMILES string of the molecule is CCC(CNC(=O)c1cc(Cl)ccc1F)CC(=O)O. The van der Waals surface area contributed by atoms with E-state index in [2.05, 4.69) is 5.32 Å². The van der Waals surface area contributed by atoms with Gasteiger partial charge in [0, 0.05) is 18.0 Å². The standard InChI is InChI=1S/C13H15ClFNO3/c1-2-8(5-12(17)18)7-16-13(19)10-6-9(14)3-4-11(10)15/h3-4,6,8H,2,5,7H2,1H3,(H,16,19)(H,17,18). The largest absolute Gasteiger partial charge is 0.481 e. The Morgan fingerprint density at radius 1 is 1.47 bits per heavy atom. The molecule has 0 radical (unpaired) electrons. The molecule has 1 atom stereocenters. The van der Waals surface area contributed by atoms with E-state index in [-0.39, 0.29) is 29.5 Å². The van der Waals surface area contributed by atoms with Gasteiger partial charge in [0.05, 0.1) is 5.56 Å². The van der Waals surface area contributed by atoms with Crippen LogP contribution in [0.5, 0.6) is 0 Å². The van der Waals surface area contributed by atoms with E-state index < -0.39 is 17.7 Å². The molecule has 0 fully saturated rings. The Morgan fingerprint density at radius 2 is 2.16 bits per heavy atom. The van der Waals surface area contributed by atoms with Gasteiger partial charge in [0.2, 0.25) is 0 Å². The fraction of sp³-hybridized carbons (Fsp3) is 0.385. The second-order valence-electron chi connectivity index (χ2n) is 4.21. The van der Waals surface area contributed by atoms with Gasteiger partial charge in [-0.25, -0.2) is 4.39 Å². The minimum absolute atomic E-state index is 0.0329. The Bertz CT molecular complexity index is 479. The molecule has 1 unspecified atom stereocenters. The molecule has 0 aromatic heterocycles. The van der Waals surface area contributed by atoms with Gasteiger partial charge in [0.15, 0.2) is 0 Å². The van der Waals surface area contributed by atoms with Crippen LogP contribution in [0.2, 0.25) is 5.02 Å². The number of aliphatic carboxylic acids is 1. The summed E-state index contributed by atoms with van der Waals surface area (Å²) < 4.78 is 13.4. The summed E-state index contributed by atoms with van der Waals surface area (Å²) in [5.41, 5.74) is -0.141.